The first-order valence-corrected chi connectivity index (χ1v) is 8.48. The number of halogens is 3. The standard InChI is InChI=1S/C16H15F3N4OS/c1-3-24-10-21-14-13(8-20)15(25-2)22-23(14)9-11-5-4-6-12(7-11)16(17,18)19/h4-7,10H,3,9H2,1-2H3. The number of nitriles is 1. The van der Waals surface area contributed by atoms with Gasteiger partial charge in [0.05, 0.1) is 18.7 Å². The van der Waals surface area contributed by atoms with Crippen molar-refractivity contribution in [3.63, 3.8) is 0 Å². The van der Waals surface area contributed by atoms with E-state index in [0.29, 0.717) is 17.2 Å². The van der Waals surface area contributed by atoms with Crippen LogP contribution in [0.1, 0.15) is 23.6 Å². The van der Waals surface area contributed by atoms with Crippen LogP contribution >= 0.6 is 11.8 Å². The van der Waals surface area contributed by atoms with Crippen LogP contribution in [0.25, 0.3) is 0 Å². The Kier molecular flexibility index (Phi) is 6.09. The van der Waals surface area contributed by atoms with Gasteiger partial charge in [-0.2, -0.15) is 28.5 Å². The summed E-state index contributed by atoms with van der Waals surface area (Å²) < 4.78 is 45.0. The minimum Gasteiger partial charge on any atom is -0.483 e. The van der Waals surface area contributed by atoms with Gasteiger partial charge in [0.1, 0.15) is 16.7 Å². The number of thioether (sulfide) groups is 1. The third kappa shape index (κ3) is 4.54. The summed E-state index contributed by atoms with van der Waals surface area (Å²) in [7, 11) is 0. The summed E-state index contributed by atoms with van der Waals surface area (Å²) in [5, 5.41) is 14.1. The Bertz CT molecular complexity index is 809. The summed E-state index contributed by atoms with van der Waals surface area (Å²) in [4.78, 5) is 4.10. The van der Waals surface area contributed by atoms with Crippen LogP contribution in [0.2, 0.25) is 0 Å². The fourth-order valence-electron chi connectivity index (χ4n) is 2.09. The number of aliphatic imine (C=N–C) groups is 1. The van der Waals surface area contributed by atoms with Gasteiger partial charge in [0.25, 0.3) is 0 Å². The smallest absolute Gasteiger partial charge is 0.416 e. The molecule has 2 rings (SSSR count). The predicted octanol–water partition coefficient (Wildman–Crippen LogP) is 4.24. The Labute approximate surface area is 147 Å². The molecule has 0 atom stereocenters. The Morgan fingerprint density at radius 1 is 1.44 bits per heavy atom. The van der Waals surface area contributed by atoms with Gasteiger partial charge in [0.2, 0.25) is 0 Å². The second-order valence-electron chi connectivity index (χ2n) is 4.87. The number of hydrogen-bond acceptors (Lipinski definition) is 5. The van der Waals surface area contributed by atoms with Crippen molar-refractivity contribution < 1.29 is 17.9 Å². The highest BCUT2D eigenvalue weighted by molar-refractivity contribution is 7.98. The molecule has 0 radical (unpaired) electrons. The topological polar surface area (TPSA) is 63.2 Å². The van der Waals surface area contributed by atoms with Gasteiger partial charge in [-0.25, -0.2) is 4.68 Å². The highest BCUT2D eigenvalue weighted by Gasteiger charge is 2.30. The van der Waals surface area contributed by atoms with Crippen LogP contribution in [0.4, 0.5) is 19.0 Å². The molecular formula is C16H15F3N4OS. The fraction of sp³-hybridized carbons (Fsp3) is 0.312. The summed E-state index contributed by atoms with van der Waals surface area (Å²) in [6.07, 6.45) is -1.46. The molecule has 9 heteroatoms. The highest BCUT2D eigenvalue weighted by atomic mass is 32.2. The molecule has 0 amide bonds. The summed E-state index contributed by atoms with van der Waals surface area (Å²) >= 11 is 1.26. The zero-order valence-corrected chi connectivity index (χ0v) is 14.4. The monoisotopic (exact) mass is 368 g/mol. The summed E-state index contributed by atoms with van der Waals surface area (Å²) in [5.41, 5.74) is -0.0696. The van der Waals surface area contributed by atoms with Crippen molar-refractivity contribution >= 4 is 24.0 Å². The molecule has 5 nitrogen and oxygen atoms in total. The Hall–Kier alpha value is -2.47. The number of aromatic nitrogens is 2. The quantitative estimate of drug-likeness (QED) is 0.435. The lowest BCUT2D eigenvalue weighted by Crippen LogP contribution is -2.07. The van der Waals surface area contributed by atoms with Crippen LogP contribution in [0.3, 0.4) is 0 Å². The van der Waals surface area contributed by atoms with Crippen LogP contribution in [-0.2, 0) is 17.5 Å². The Morgan fingerprint density at radius 2 is 2.20 bits per heavy atom. The molecule has 0 aliphatic carbocycles. The summed E-state index contributed by atoms with van der Waals surface area (Å²) in [5.74, 6) is 0.248. The van der Waals surface area contributed by atoms with Gasteiger partial charge in [-0.3, -0.25) is 0 Å². The molecule has 1 aromatic carbocycles. The molecule has 0 N–H and O–H groups in total. The third-order valence-electron chi connectivity index (χ3n) is 3.20. The second kappa shape index (κ2) is 8.07. The van der Waals surface area contributed by atoms with Crippen molar-refractivity contribution in [3.8, 4) is 6.07 Å². The minimum absolute atomic E-state index is 0.0535. The molecule has 0 spiro atoms. The second-order valence-corrected chi connectivity index (χ2v) is 5.66. The average Bonchev–Trinajstić information content (AvgIpc) is 2.91. The van der Waals surface area contributed by atoms with Crippen LogP contribution < -0.4 is 0 Å². The number of alkyl halides is 3. The maximum absolute atomic E-state index is 12.9. The van der Waals surface area contributed by atoms with E-state index in [1.807, 2.05) is 6.07 Å². The van der Waals surface area contributed by atoms with E-state index in [1.165, 1.54) is 28.9 Å². The molecule has 25 heavy (non-hydrogen) atoms. The van der Waals surface area contributed by atoms with Gasteiger partial charge in [-0.05, 0) is 30.9 Å². The van der Waals surface area contributed by atoms with Crippen molar-refractivity contribution in [1.29, 1.82) is 5.26 Å². The van der Waals surface area contributed by atoms with Crippen molar-refractivity contribution in [3.05, 3.63) is 41.0 Å². The lowest BCUT2D eigenvalue weighted by Gasteiger charge is -2.09. The fourth-order valence-corrected chi connectivity index (χ4v) is 2.62. The van der Waals surface area contributed by atoms with Gasteiger partial charge >= 0.3 is 6.18 Å². The van der Waals surface area contributed by atoms with E-state index in [0.717, 1.165) is 12.1 Å². The highest BCUT2D eigenvalue weighted by Crippen LogP contribution is 2.31. The van der Waals surface area contributed by atoms with Gasteiger partial charge in [-0.15, -0.1) is 11.8 Å². The zero-order chi connectivity index (χ0) is 18.4. The molecule has 0 aliphatic heterocycles. The molecule has 1 heterocycles. The van der Waals surface area contributed by atoms with Crippen LogP contribution in [0.15, 0.2) is 34.3 Å². The molecule has 0 saturated heterocycles. The SMILES string of the molecule is CCOC=Nc1c(C#N)c(SC)nn1Cc1cccc(C(F)(F)F)c1. The van der Waals surface area contributed by atoms with Crippen molar-refractivity contribution in [2.45, 2.75) is 24.7 Å². The predicted molar refractivity (Wildman–Crippen MR) is 89.0 cm³/mol. The Morgan fingerprint density at radius 3 is 2.80 bits per heavy atom. The maximum atomic E-state index is 12.9. The number of ether oxygens (including phenoxy) is 1. The third-order valence-corrected chi connectivity index (χ3v) is 3.87. The molecule has 0 bridgehead atoms. The molecule has 1 aromatic heterocycles. The number of benzene rings is 1. The molecule has 132 valence electrons. The maximum Gasteiger partial charge on any atom is 0.416 e. The lowest BCUT2D eigenvalue weighted by molar-refractivity contribution is -0.137. The van der Waals surface area contributed by atoms with Gasteiger partial charge < -0.3 is 4.74 Å². The Balaban J connectivity index is 2.42. The minimum atomic E-state index is -4.42. The summed E-state index contributed by atoms with van der Waals surface area (Å²) in [6, 6.07) is 7.00. The molecule has 0 fully saturated rings. The molecule has 0 saturated carbocycles. The van der Waals surface area contributed by atoms with Crippen molar-refractivity contribution in [2.24, 2.45) is 4.99 Å². The largest absolute Gasteiger partial charge is 0.483 e. The summed E-state index contributed by atoms with van der Waals surface area (Å²) in [6.45, 7) is 2.24. The van der Waals surface area contributed by atoms with Crippen molar-refractivity contribution in [2.75, 3.05) is 12.9 Å². The normalized spacial score (nSPS) is 11.7. The molecule has 0 aliphatic rings. The van der Waals surface area contributed by atoms with E-state index >= 15 is 0 Å². The van der Waals surface area contributed by atoms with Gasteiger partial charge in [0, 0.05) is 0 Å². The van der Waals surface area contributed by atoms with Crippen LogP contribution in [-0.4, -0.2) is 29.0 Å². The van der Waals surface area contributed by atoms with E-state index in [4.69, 9.17) is 4.74 Å². The van der Waals surface area contributed by atoms with E-state index in [-0.39, 0.29) is 17.9 Å². The molecule has 0 unspecified atom stereocenters. The number of rotatable bonds is 6. The number of hydrogen-bond donors (Lipinski definition) is 0. The zero-order valence-electron chi connectivity index (χ0n) is 13.5. The first-order chi connectivity index (χ1) is 11.9. The first-order valence-electron chi connectivity index (χ1n) is 7.25. The lowest BCUT2D eigenvalue weighted by atomic mass is 10.1. The first kappa shape index (κ1) is 18.9. The van der Waals surface area contributed by atoms with Gasteiger partial charge in [0.15, 0.2) is 12.2 Å². The van der Waals surface area contributed by atoms with E-state index in [9.17, 15) is 18.4 Å². The molecular weight excluding hydrogens is 353 g/mol. The van der Waals surface area contributed by atoms with E-state index in [1.54, 1.807) is 19.2 Å². The van der Waals surface area contributed by atoms with Crippen LogP contribution in [0, 0.1) is 11.3 Å². The number of nitrogens with zero attached hydrogens (tertiary/aromatic N) is 4. The average molecular weight is 368 g/mol. The van der Waals surface area contributed by atoms with Crippen molar-refractivity contribution in [1.82, 2.24) is 9.78 Å². The van der Waals surface area contributed by atoms with Gasteiger partial charge in [-0.1, -0.05) is 12.1 Å². The van der Waals surface area contributed by atoms with Crippen LogP contribution in [0.5, 0.6) is 0 Å². The van der Waals surface area contributed by atoms with E-state index < -0.39 is 11.7 Å². The molecule has 2 aromatic rings. The van der Waals surface area contributed by atoms with E-state index in [2.05, 4.69) is 10.1 Å².